The largest absolute Gasteiger partial charge is 0.423 e. The average molecular weight is 242 g/mol. The Morgan fingerprint density at radius 1 is 1.08 bits per heavy atom. The van der Waals surface area contributed by atoms with Crippen LogP contribution in [0.15, 0.2) is 0 Å². The van der Waals surface area contributed by atoms with E-state index in [4.69, 9.17) is 5.11 Å². The van der Waals surface area contributed by atoms with E-state index in [1.807, 2.05) is 0 Å². The molecule has 0 fully saturated rings. The maximum absolute atomic E-state index is 8.32. The van der Waals surface area contributed by atoms with Crippen molar-refractivity contribution in [2.45, 2.75) is 26.9 Å². The van der Waals surface area contributed by atoms with Crippen molar-refractivity contribution in [1.82, 2.24) is 0 Å². The fourth-order valence-electron chi connectivity index (χ4n) is 0.192. The van der Waals surface area contributed by atoms with Crippen LogP contribution in [-0.4, -0.2) is 24.9 Å². The van der Waals surface area contributed by atoms with Gasteiger partial charge in [0.2, 0.25) is 0 Å². The zero-order valence-corrected chi connectivity index (χ0v) is 12.6. The summed E-state index contributed by atoms with van der Waals surface area (Å²) in [6, 6.07) is 0. The molecular weight excluding hydrogens is 217 g/mol. The molecule has 0 aromatic carbocycles. The Morgan fingerprint density at radius 2 is 1.31 bits per heavy atom. The van der Waals surface area contributed by atoms with Gasteiger partial charge in [-0.05, 0) is 6.10 Å². The summed E-state index contributed by atoms with van der Waals surface area (Å²) >= 11 is 0. The molecular formula is C10H24O2Zn-4. The summed E-state index contributed by atoms with van der Waals surface area (Å²) in [5.41, 5.74) is 0. The quantitative estimate of drug-likeness (QED) is 0.594. The first-order valence-corrected chi connectivity index (χ1v) is 3.89. The maximum Gasteiger partial charge on any atom is 0.0439 e. The van der Waals surface area contributed by atoms with E-state index < -0.39 is 6.10 Å². The molecule has 0 aromatic rings. The second-order valence-electron chi connectivity index (χ2n) is 1.11. The topological polar surface area (TPSA) is 29.5 Å². The number of hydrogen-bond acceptors (Lipinski definition) is 2. The van der Waals surface area contributed by atoms with Crippen LogP contribution >= 0.6 is 0 Å². The van der Waals surface area contributed by atoms with Crippen molar-refractivity contribution >= 4 is 0 Å². The summed E-state index contributed by atoms with van der Waals surface area (Å²) in [5, 5.41) is 8.32. The van der Waals surface area contributed by atoms with E-state index in [0.29, 0.717) is 6.61 Å². The van der Waals surface area contributed by atoms with Gasteiger partial charge in [-0.1, -0.05) is 0 Å². The van der Waals surface area contributed by atoms with Crippen molar-refractivity contribution < 1.29 is 29.3 Å². The molecule has 1 atom stereocenters. The van der Waals surface area contributed by atoms with E-state index in [2.05, 4.69) is 32.4 Å². The third-order valence-corrected chi connectivity index (χ3v) is 0.359. The summed E-state index contributed by atoms with van der Waals surface area (Å²) in [4.78, 5) is 0. The van der Waals surface area contributed by atoms with Crippen LogP contribution in [0.1, 0.15) is 20.8 Å². The second kappa shape index (κ2) is 54.4. The minimum atomic E-state index is -0.574. The van der Waals surface area contributed by atoms with Gasteiger partial charge in [0, 0.05) is 33.2 Å². The third-order valence-electron chi connectivity index (χ3n) is 0.359. The van der Waals surface area contributed by atoms with Gasteiger partial charge < -0.3 is 37.5 Å². The van der Waals surface area contributed by atoms with E-state index in [1.165, 1.54) is 7.11 Å². The van der Waals surface area contributed by atoms with Crippen molar-refractivity contribution in [3.8, 4) is 0 Å². The van der Waals surface area contributed by atoms with E-state index >= 15 is 0 Å². The van der Waals surface area contributed by atoms with Crippen LogP contribution in [0.5, 0.6) is 0 Å². The van der Waals surface area contributed by atoms with Crippen molar-refractivity contribution in [3.63, 3.8) is 0 Å². The van der Waals surface area contributed by atoms with E-state index in [0.717, 1.165) is 0 Å². The Kier molecular flexibility index (Phi) is 122. The van der Waals surface area contributed by atoms with Crippen molar-refractivity contribution in [1.29, 1.82) is 0 Å². The number of ether oxygens (including phenoxy) is 1. The fraction of sp³-hybridized carbons (Fsp3) is 0.600. The third kappa shape index (κ3) is 111. The second-order valence-corrected chi connectivity index (χ2v) is 1.11. The normalized spacial score (nSPS) is 8.08. The molecule has 0 rings (SSSR count). The van der Waals surface area contributed by atoms with Crippen molar-refractivity contribution in [2.24, 2.45) is 0 Å². The molecule has 0 spiro atoms. The molecule has 0 heterocycles. The fourth-order valence-corrected chi connectivity index (χ4v) is 0.192. The molecule has 13 heavy (non-hydrogen) atoms. The Hall–Kier alpha value is 0.543. The summed E-state index contributed by atoms with van der Waals surface area (Å²) in [6.45, 7) is 18.6. The van der Waals surface area contributed by atoms with E-state index in [-0.39, 0.29) is 19.5 Å². The minimum Gasteiger partial charge on any atom is -0.423 e. The predicted molar refractivity (Wildman–Crippen MR) is 56.3 cm³/mol. The molecule has 0 aliphatic rings. The molecule has 0 aliphatic heterocycles. The zero-order chi connectivity index (χ0) is 11.0. The number of aliphatic hydroxyl groups is 1. The van der Waals surface area contributed by atoms with E-state index in [1.54, 1.807) is 20.8 Å². The predicted octanol–water partition coefficient (Wildman–Crippen LogP) is 2.35. The summed E-state index contributed by atoms with van der Waals surface area (Å²) < 4.78 is 4.49. The van der Waals surface area contributed by atoms with Crippen LogP contribution in [0.25, 0.3) is 0 Å². The molecule has 1 unspecified atom stereocenters. The summed E-state index contributed by atoms with van der Waals surface area (Å²) in [6.07, 6.45) is -0.574. The maximum atomic E-state index is 8.32. The molecule has 1 N–H and O–H groups in total. The van der Waals surface area contributed by atoms with Crippen LogP contribution in [0.2, 0.25) is 0 Å². The Balaban J connectivity index is -0.0000000263. The van der Waals surface area contributed by atoms with Crippen LogP contribution in [0, 0.1) is 27.7 Å². The smallest absolute Gasteiger partial charge is 0.0439 e. The number of methoxy groups -OCH3 is 1. The Bertz CT molecular complexity index is 34.1. The number of aliphatic hydroxyl groups excluding tert-OH is 1. The summed E-state index contributed by atoms with van der Waals surface area (Å²) in [5.74, 6) is 0. The first-order valence-electron chi connectivity index (χ1n) is 3.89. The van der Waals surface area contributed by atoms with Gasteiger partial charge in [-0.3, -0.25) is 0 Å². The van der Waals surface area contributed by atoms with Gasteiger partial charge in [0.1, 0.15) is 0 Å². The van der Waals surface area contributed by atoms with Gasteiger partial charge in [0.05, 0.1) is 0 Å². The Morgan fingerprint density at radius 3 is 1.31 bits per heavy atom. The molecule has 0 radical (unpaired) electrons. The molecule has 0 amide bonds. The molecule has 82 valence electrons. The van der Waals surface area contributed by atoms with Gasteiger partial charge in [-0.25, -0.2) is 0 Å². The first-order chi connectivity index (χ1) is 5.77. The summed E-state index contributed by atoms with van der Waals surface area (Å²) in [7, 11) is 1.52. The minimum absolute atomic E-state index is 0. The van der Waals surface area contributed by atoms with Gasteiger partial charge in [-0.15, -0.1) is 0 Å². The van der Waals surface area contributed by atoms with Crippen molar-refractivity contribution in [2.75, 3.05) is 13.7 Å². The first kappa shape index (κ1) is 29.2. The molecule has 0 bridgehead atoms. The SMILES string of the molecule is [CH2-]C.[CH2-]C.[CH2-]C.[CH2-]C(O)COC.[Zn]. The average Bonchev–Trinajstić information content (AvgIpc) is 2.14. The van der Waals surface area contributed by atoms with Crippen LogP contribution in [0.4, 0.5) is 0 Å². The van der Waals surface area contributed by atoms with Crippen LogP contribution < -0.4 is 0 Å². The molecule has 0 aliphatic carbocycles. The standard InChI is InChI=1S/C4H9O2.3C2H5.Zn/c1-4(5)3-6-2;3*1-2;/h4-5H,1,3H2,2H3;3*1H2,2H3;/q4*-1;. The molecule has 0 saturated heterocycles. The molecule has 3 heteroatoms. The van der Waals surface area contributed by atoms with Gasteiger partial charge in [0.25, 0.3) is 0 Å². The van der Waals surface area contributed by atoms with Gasteiger partial charge in [0.15, 0.2) is 0 Å². The number of rotatable bonds is 2. The van der Waals surface area contributed by atoms with Crippen LogP contribution in [0.3, 0.4) is 0 Å². The Labute approximate surface area is 97.8 Å². The zero-order valence-electron chi connectivity index (χ0n) is 9.68. The number of hydrogen-bond donors (Lipinski definition) is 1. The van der Waals surface area contributed by atoms with Crippen LogP contribution in [-0.2, 0) is 24.2 Å². The molecule has 0 saturated carbocycles. The van der Waals surface area contributed by atoms with Gasteiger partial charge in [-0.2, -0.15) is 20.8 Å². The van der Waals surface area contributed by atoms with E-state index in [9.17, 15) is 0 Å². The van der Waals surface area contributed by atoms with Crippen molar-refractivity contribution in [3.05, 3.63) is 27.7 Å². The van der Waals surface area contributed by atoms with Gasteiger partial charge >= 0.3 is 0 Å². The molecule has 0 aromatic heterocycles. The monoisotopic (exact) mass is 240 g/mol. The molecule has 2 nitrogen and oxygen atoms in total.